The molecule has 3 nitrogen and oxygen atoms in total. The van der Waals surface area contributed by atoms with Crippen LogP contribution in [0.15, 0.2) is 0 Å². The fourth-order valence-corrected chi connectivity index (χ4v) is 1.11. The van der Waals surface area contributed by atoms with Gasteiger partial charge in [-0.15, -0.1) is 0 Å². The fourth-order valence-electron chi connectivity index (χ4n) is 0.500. The van der Waals surface area contributed by atoms with Gasteiger partial charge >= 0.3 is 0 Å². The third-order valence-corrected chi connectivity index (χ3v) is 1.58. The van der Waals surface area contributed by atoms with Crippen LogP contribution in [0.3, 0.4) is 0 Å². The summed E-state index contributed by atoms with van der Waals surface area (Å²) in [7, 11) is 1.59. The predicted octanol–water partition coefficient (Wildman–Crippen LogP) is 0.315. The third kappa shape index (κ3) is 5.91. The van der Waals surface area contributed by atoms with Crippen LogP contribution in [-0.4, -0.2) is 32.1 Å². The highest BCUT2D eigenvalue weighted by molar-refractivity contribution is 8.14. The van der Waals surface area contributed by atoms with E-state index in [0.717, 1.165) is 0 Å². The minimum atomic E-state index is -0.312. The molecule has 0 heterocycles. The summed E-state index contributed by atoms with van der Waals surface area (Å²) in [5.74, 6) is 0.0814. The lowest BCUT2D eigenvalue weighted by atomic mass is 10.4. The molecule has 0 aromatic rings. The van der Waals surface area contributed by atoms with Gasteiger partial charge in [-0.3, -0.25) is 4.79 Å². The fraction of sp³-hybridized carbons (Fsp3) is 0.833. The van der Waals surface area contributed by atoms with Gasteiger partial charge in [0, 0.05) is 7.11 Å². The van der Waals surface area contributed by atoms with Crippen LogP contribution in [-0.2, 0) is 9.53 Å². The molecule has 0 aliphatic carbocycles. The first-order valence-electron chi connectivity index (χ1n) is 3.12. The molecule has 62 valence electrons. The number of amides is 1. The first-order chi connectivity index (χ1) is 4.66. The maximum absolute atomic E-state index is 10.8. The van der Waals surface area contributed by atoms with Crippen molar-refractivity contribution in [2.75, 3.05) is 26.2 Å². The standard InChI is InChI=1S/C6H15NO2S/c1-9-5-4-6(8)7-10(2)3/h10H,4-5H2,1-3H3,(H,7,8). The number of hydrogen-bond acceptors (Lipinski definition) is 2. The van der Waals surface area contributed by atoms with Gasteiger partial charge in [-0.1, -0.05) is 0 Å². The SMILES string of the molecule is COCCC(=O)N[SH](C)C. The lowest BCUT2D eigenvalue weighted by Crippen LogP contribution is -2.20. The van der Waals surface area contributed by atoms with E-state index in [9.17, 15) is 4.79 Å². The van der Waals surface area contributed by atoms with Crippen LogP contribution in [0.5, 0.6) is 0 Å². The normalized spacial score (nSPS) is 10.9. The molecule has 0 bridgehead atoms. The van der Waals surface area contributed by atoms with Crippen molar-refractivity contribution >= 4 is 17.0 Å². The smallest absolute Gasteiger partial charge is 0.230 e. The number of methoxy groups -OCH3 is 1. The highest BCUT2D eigenvalue weighted by atomic mass is 32.2. The van der Waals surface area contributed by atoms with Crippen LogP contribution in [0, 0.1) is 0 Å². The van der Waals surface area contributed by atoms with Crippen LogP contribution in [0.25, 0.3) is 0 Å². The summed E-state index contributed by atoms with van der Waals surface area (Å²) in [5, 5.41) is 0. The Morgan fingerprint density at radius 1 is 1.60 bits per heavy atom. The van der Waals surface area contributed by atoms with Crippen LogP contribution >= 0.6 is 11.1 Å². The van der Waals surface area contributed by atoms with Gasteiger partial charge < -0.3 is 9.46 Å². The molecule has 0 saturated heterocycles. The van der Waals surface area contributed by atoms with E-state index < -0.39 is 0 Å². The maximum atomic E-state index is 10.8. The zero-order valence-corrected chi connectivity index (χ0v) is 7.57. The van der Waals surface area contributed by atoms with E-state index in [1.54, 1.807) is 7.11 Å². The number of thiol groups is 1. The number of carbonyl (C=O) groups is 1. The second kappa shape index (κ2) is 5.56. The Hall–Kier alpha value is -0.220. The molecule has 0 aromatic carbocycles. The number of carbonyl (C=O) groups excluding carboxylic acids is 1. The molecule has 1 N–H and O–H groups in total. The van der Waals surface area contributed by atoms with Gasteiger partial charge in [-0.25, -0.2) is 0 Å². The summed E-state index contributed by atoms with van der Waals surface area (Å²) >= 11 is -0.312. The van der Waals surface area contributed by atoms with Crippen LogP contribution < -0.4 is 4.72 Å². The minimum Gasteiger partial charge on any atom is -0.384 e. The quantitative estimate of drug-likeness (QED) is 0.589. The third-order valence-electron chi connectivity index (χ3n) is 0.882. The monoisotopic (exact) mass is 165 g/mol. The number of hydrogen-bond donors (Lipinski definition) is 2. The summed E-state index contributed by atoms with van der Waals surface area (Å²) in [6.45, 7) is 0.509. The van der Waals surface area contributed by atoms with Gasteiger partial charge in [0.25, 0.3) is 0 Å². The van der Waals surface area contributed by atoms with E-state index in [-0.39, 0.29) is 17.0 Å². The van der Waals surface area contributed by atoms with Crippen LogP contribution in [0.4, 0.5) is 0 Å². The van der Waals surface area contributed by atoms with Crippen molar-refractivity contribution in [3.05, 3.63) is 0 Å². The molecule has 0 radical (unpaired) electrons. The highest BCUT2D eigenvalue weighted by Gasteiger charge is 1.98. The molecule has 0 atom stereocenters. The Morgan fingerprint density at radius 3 is 2.60 bits per heavy atom. The van der Waals surface area contributed by atoms with Crippen molar-refractivity contribution in [1.29, 1.82) is 0 Å². The molecule has 0 saturated carbocycles. The highest BCUT2D eigenvalue weighted by Crippen LogP contribution is 2.04. The molecule has 0 spiro atoms. The largest absolute Gasteiger partial charge is 0.384 e. The zero-order chi connectivity index (χ0) is 7.98. The molecule has 0 rings (SSSR count). The summed E-state index contributed by atoms with van der Waals surface area (Å²) in [6.07, 6.45) is 4.47. The predicted molar refractivity (Wildman–Crippen MR) is 45.5 cm³/mol. The summed E-state index contributed by atoms with van der Waals surface area (Å²) in [6, 6.07) is 0. The Kier molecular flexibility index (Phi) is 5.43. The van der Waals surface area contributed by atoms with Gasteiger partial charge in [0.05, 0.1) is 13.0 Å². The molecule has 0 unspecified atom stereocenters. The Bertz CT molecular complexity index is 106. The molecule has 10 heavy (non-hydrogen) atoms. The van der Waals surface area contributed by atoms with E-state index >= 15 is 0 Å². The molecule has 0 fully saturated rings. The van der Waals surface area contributed by atoms with Gasteiger partial charge in [0.2, 0.25) is 5.91 Å². The second-order valence-electron chi connectivity index (χ2n) is 2.17. The topological polar surface area (TPSA) is 38.3 Å². The van der Waals surface area contributed by atoms with Gasteiger partial charge in [0.1, 0.15) is 0 Å². The van der Waals surface area contributed by atoms with Crippen molar-refractivity contribution in [3.63, 3.8) is 0 Å². The number of nitrogens with one attached hydrogen (secondary N) is 1. The molecule has 4 heteroatoms. The molecule has 1 amide bonds. The Labute approximate surface area is 64.6 Å². The van der Waals surface area contributed by atoms with Gasteiger partial charge in [-0.05, 0) is 12.5 Å². The van der Waals surface area contributed by atoms with Crippen molar-refractivity contribution in [1.82, 2.24) is 4.72 Å². The number of rotatable bonds is 4. The summed E-state index contributed by atoms with van der Waals surface area (Å²) in [5.41, 5.74) is 0. The lowest BCUT2D eigenvalue weighted by molar-refractivity contribution is -0.120. The average Bonchev–Trinajstić information content (AvgIpc) is 1.82. The van der Waals surface area contributed by atoms with Crippen molar-refractivity contribution in [3.8, 4) is 0 Å². The maximum Gasteiger partial charge on any atom is 0.230 e. The minimum absolute atomic E-state index is 0.0814. The molecule has 0 aliphatic heterocycles. The van der Waals surface area contributed by atoms with E-state index in [0.29, 0.717) is 13.0 Å². The van der Waals surface area contributed by atoms with Crippen LogP contribution in [0.2, 0.25) is 0 Å². The first kappa shape index (κ1) is 9.78. The van der Waals surface area contributed by atoms with Gasteiger partial charge in [-0.2, -0.15) is 11.1 Å². The van der Waals surface area contributed by atoms with Crippen molar-refractivity contribution in [2.24, 2.45) is 0 Å². The van der Waals surface area contributed by atoms with E-state index in [4.69, 9.17) is 4.74 Å². The van der Waals surface area contributed by atoms with Crippen LogP contribution in [0.1, 0.15) is 6.42 Å². The Morgan fingerprint density at radius 2 is 2.20 bits per heavy atom. The number of ether oxygens (including phenoxy) is 1. The summed E-state index contributed by atoms with van der Waals surface area (Å²) < 4.78 is 7.56. The van der Waals surface area contributed by atoms with E-state index in [1.807, 2.05) is 12.5 Å². The molecular weight excluding hydrogens is 150 g/mol. The zero-order valence-electron chi connectivity index (χ0n) is 6.68. The average molecular weight is 165 g/mol. The van der Waals surface area contributed by atoms with Crippen molar-refractivity contribution in [2.45, 2.75) is 6.42 Å². The van der Waals surface area contributed by atoms with E-state index in [2.05, 4.69) is 4.72 Å². The molecule has 0 aromatic heterocycles. The van der Waals surface area contributed by atoms with Crippen molar-refractivity contribution < 1.29 is 9.53 Å². The van der Waals surface area contributed by atoms with E-state index in [1.165, 1.54) is 0 Å². The van der Waals surface area contributed by atoms with Gasteiger partial charge in [0.15, 0.2) is 0 Å². The summed E-state index contributed by atoms with van der Waals surface area (Å²) in [4.78, 5) is 10.8. The lowest BCUT2D eigenvalue weighted by Gasteiger charge is -2.10. The molecular formula is C6H15NO2S. The Balaban J connectivity index is 3.26. The molecule has 0 aliphatic rings. The second-order valence-corrected chi connectivity index (χ2v) is 4.18. The first-order valence-corrected chi connectivity index (χ1v) is 5.36.